The lowest BCUT2D eigenvalue weighted by molar-refractivity contribution is 0.355. The smallest absolute Gasteiger partial charge is 0.229 e. The molecule has 0 aliphatic carbocycles. The van der Waals surface area contributed by atoms with Gasteiger partial charge in [0.25, 0.3) is 0 Å². The third kappa shape index (κ3) is 2.62. The van der Waals surface area contributed by atoms with Gasteiger partial charge in [0.1, 0.15) is 5.75 Å². The Bertz CT molecular complexity index is 496. The second-order valence-corrected chi connectivity index (χ2v) is 3.98. The maximum absolute atomic E-state index is 9.37. The van der Waals surface area contributed by atoms with Crippen LogP contribution in [-0.2, 0) is 0 Å². The minimum absolute atomic E-state index is 0.151. The molecule has 1 heterocycles. The molecule has 1 aromatic carbocycles. The molecule has 0 spiro atoms. The Hall–Kier alpha value is -1.88. The number of aromatic hydroxyl groups is 1. The van der Waals surface area contributed by atoms with Crippen LogP contribution in [0.5, 0.6) is 5.75 Å². The highest BCUT2D eigenvalue weighted by atomic mass is 16.5. The van der Waals surface area contributed by atoms with Crippen molar-refractivity contribution in [1.29, 1.82) is 0 Å². The van der Waals surface area contributed by atoms with Gasteiger partial charge in [-0.1, -0.05) is 24.2 Å². The molecular weight excluding hydrogens is 218 g/mol. The largest absolute Gasteiger partial charge is 0.508 e. The van der Waals surface area contributed by atoms with Crippen molar-refractivity contribution in [1.82, 2.24) is 10.1 Å². The third-order valence-electron chi connectivity index (χ3n) is 2.57. The van der Waals surface area contributed by atoms with Crippen LogP contribution < -0.4 is 5.73 Å². The van der Waals surface area contributed by atoms with Gasteiger partial charge in [-0.2, -0.15) is 4.98 Å². The second kappa shape index (κ2) is 4.97. The topological polar surface area (TPSA) is 85.2 Å². The molecule has 0 fully saturated rings. The number of phenols is 1. The van der Waals surface area contributed by atoms with Gasteiger partial charge >= 0.3 is 0 Å². The number of nitrogens with zero attached hydrogens (tertiary/aromatic N) is 2. The molecule has 0 bridgehead atoms. The summed E-state index contributed by atoms with van der Waals surface area (Å²) in [6.07, 6.45) is 0.807. The van der Waals surface area contributed by atoms with E-state index in [1.807, 2.05) is 13.0 Å². The van der Waals surface area contributed by atoms with Gasteiger partial charge in [0.15, 0.2) is 0 Å². The molecule has 0 aliphatic rings. The van der Waals surface area contributed by atoms with Crippen molar-refractivity contribution in [2.75, 3.05) is 6.54 Å². The predicted molar refractivity (Wildman–Crippen MR) is 63.5 cm³/mol. The third-order valence-corrected chi connectivity index (χ3v) is 2.57. The van der Waals surface area contributed by atoms with E-state index in [9.17, 15) is 5.11 Å². The number of benzene rings is 1. The zero-order valence-electron chi connectivity index (χ0n) is 9.63. The van der Waals surface area contributed by atoms with Crippen LogP contribution in [0.25, 0.3) is 11.4 Å². The number of rotatable bonds is 4. The van der Waals surface area contributed by atoms with E-state index in [0.717, 1.165) is 12.0 Å². The van der Waals surface area contributed by atoms with Crippen molar-refractivity contribution in [3.05, 3.63) is 30.2 Å². The molecule has 17 heavy (non-hydrogen) atoms. The molecule has 2 rings (SSSR count). The van der Waals surface area contributed by atoms with Gasteiger partial charge < -0.3 is 15.4 Å². The summed E-state index contributed by atoms with van der Waals surface area (Å²) in [5, 5.41) is 13.3. The van der Waals surface area contributed by atoms with Gasteiger partial charge in [-0.3, -0.25) is 0 Å². The number of phenolic OH excluding ortho intramolecular Hbond substituents is 1. The fourth-order valence-corrected chi connectivity index (χ4v) is 1.57. The first-order chi connectivity index (χ1) is 8.20. The fourth-order valence-electron chi connectivity index (χ4n) is 1.57. The minimum atomic E-state index is 0.151. The number of nitrogens with two attached hydrogens (primary N) is 1. The monoisotopic (exact) mass is 233 g/mol. The van der Waals surface area contributed by atoms with E-state index < -0.39 is 0 Å². The van der Waals surface area contributed by atoms with Crippen LogP contribution in [0, 0.1) is 0 Å². The van der Waals surface area contributed by atoms with E-state index in [0.29, 0.717) is 18.3 Å². The van der Waals surface area contributed by atoms with Crippen molar-refractivity contribution >= 4 is 0 Å². The molecule has 1 aromatic heterocycles. The molecule has 3 N–H and O–H groups in total. The Morgan fingerprint density at radius 3 is 3.00 bits per heavy atom. The Morgan fingerprint density at radius 1 is 1.47 bits per heavy atom. The van der Waals surface area contributed by atoms with E-state index in [1.165, 1.54) is 0 Å². The first kappa shape index (κ1) is 11.6. The quantitative estimate of drug-likeness (QED) is 0.842. The second-order valence-electron chi connectivity index (χ2n) is 3.98. The van der Waals surface area contributed by atoms with Crippen LogP contribution >= 0.6 is 0 Å². The summed E-state index contributed by atoms with van der Waals surface area (Å²) in [6, 6.07) is 6.76. The average molecular weight is 233 g/mol. The van der Waals surface area contributed by atoms with Crippen LogP contribution in [0.15, 0.2) is 28.8 Å². The highest BCUT2D eigenvalue weighted by Crippen LogP contribution is 2.23. The van der Waals surface area contributed by atoms with Gasteiger partial charge in [-0.05, 0) is 25.1 Å². The first-order valence-electron chi connectivity index (χ1n) is 5.54. The van der Waals surface area contributed by atoms with Crippen molar-refractivity contribution in [2.24, 2.45) is 5.73 Å². The highest BCUT2D eigenvalue weighted by molar-refractivity contribution is 5.56. The highest BCUT2D eigenvalue weighted by Gasteiger charge is 2.14. The molecule has 5 heteroatoms. The van der Waals surface area contributed by atoms with Crippen LogP contribution in [0.4, 0.5) is 0 Å². The maximum Gasteiger partial charge on any atom is 0.229 e. The van der Waals surface area contributed by atoms with Gasteiger partial charge in [-0.15, -0.1) is 0 Å². The summed E-state index contributed by atoms with van der Waals surface area (Å²) < 4.78 is 5.17. The normalized spacial score (nSPS) is 12.6. The molecule has 0 radical (unpaired) electrons. The van der Waals surface area contributed by atoms with Crippen molar-refractivity contribution in [3.63, 3.8) is 0 Å². The first-order valence-corrected chi connectivity index (χ1v) is 5.54. The van der Waals surface area contributed by atoms with E-state index in [1.54, 1.807) is 18.2 Å². The molecule has 1 atom stereocenters. The van der Waals surface area contributed by atoms with E-state index in [2.05, 4.69) is 10.1 Å². The average Bonchev–Trinajstić information content (AvgIpc) is 2.78. The standard InChI is InChI=1S/C12H15N3O2/c1-8(5-6-13)12-14-11(15-17-12)9-3-2-4-10(16)7-9/h2-4,7-8,16H,5-6,13H2,1H3. The Balaban J connectivity index is 2.23. The summed E-state index contributed by atoms with van der Waals surface area (Å²) in [6.45, 7) is 2.58. The summed E-state index contributed by atoms with van der Waals surface area (Å²) in [4.78, 5) is 4.30. The lowest BCUT2D eigenvalue weighted by Gasteiger charge is -2.01. The molecule has 0 amide bonds. The van der Waals surface area contributed by atoms with E-state index >= 15 is 0 Å². The molecule has 1 unspecified atom stereocenters. The summed E-state index contributed by atoms with van der Waals surface area (Å²) in [5.74, 6) is 1.40. The van der Waals surface area contributed by atoms with Gasteiger partial charge in [-0.25, -0.2) is 0 Å². The van der Waals surface area contributed by atoms with E-state index in [-0.39, 0.29) is 11.7 Å². The van der Waals surface area contributed by atoms with Crippen molar-refractivity contribution in [2.45, 2.75) is 19.3 Å². The van der Waals surface area contributed by atoms with Crippen molar-refractivity contribution < 1.29 is 9.63 Å². The molecular formula is C12H15N3O2. The van der Waals surface area contributed by atoms with Crippen molar-refractivity contribution in [3.8, 4) is 17.1 Å². The van der Waals surface area contributed by atoms with Crippen LogP contribution in [0.2, 0.25) is 0 Å². The maximum atomic E-state index is 9.37. The molecule has 0 saturated heterocycles. The minimum Gasteiger partial charge on any atom is -0.508 e. The van der Waals surface area contributed by atoms with E-state index in [4.69, 9.17) is 10.3 Å². The molecule has 5 nitrogen and oxygen atoms in total. The summed E-state index contributed by atoms with van der Waals surface area (Å²) in [5.41, 5.74) is 6.22. The number of aromatic nitrogens is 2. The van der Waals surface area contributed by atoms with Gasteiger partial charge in [0.2, 0.25) is 11.7 Å². The fraction of sp³-hybridized carbons (Fsp3) is 0.333. The van der Waals surface area contributed by atoms with Gasteiger partial charge in [0.05, 0.1) is 0 Å². The zero-order valence-corrected chi connectivity index (χ0v) is 9.63. The predicted octanol–water partition coefficient (Wildman–Crippen LogP) is 1.89. The molecule has 0 saturated carbocycles. The Morgan fingerprint density at radius 2 is 2.29 bits per heavy atom. The molecule has 2 aromatic rings. The Labute approximate surface area is 99.3 Å². The summed E-state index contributed by atoms with van der Waals surface area (Å²) in [7, 11) is 0. The zero-order chi connectivity index (χ0) is 12.3. The van der Waals surface area contributed by atoms with Crippen LogP contribution in [-0.4, -0.2) is 21.8 Å². The number of hydrogen-bond acceptors (Lipinski definition) is 5. The molecule has 0 aliphatic heterocycles. The summed E-state index contributed by atoms with van der Waals surface area (Å²) >= 11 is 0. The van der Waals surface area contributed by atoms with Gasteiger partial charge in [0, 0.05) is 11.5 Å². The Kier molecular flexibility index (Phi) is 3.39. The SMILES string of the molecule is CC(CCN)c1nc(-c2cccc(O)c2)no1. The van der Waals surface area contributed by atoms with Crippen LogP contribution in [0.3, 0.4) is 0 Å². The van der Waals surface area contributed by atoms with Crippen LogP contribution in [0.1, 0.15) is 25.2 Å². The lowest BCUT2D eigenvalue weighted by Crippen LogP contribution is -2.04. The number of hydrogen-bond donors (Lipinski definition) is 2. The lowest BCUT2D eigenvalue weighted by atomic mass is 10.1. The molecule has 90 valence electrons.